The van der Waals surface area contributed by atoms with Gasteiger partial charge >= 0.3 is 0 Å². The quantitative estimate of drug-likeness (QED) is 0.259. The first kappa shape index (κ1) is 31.7. The van der Waals surface area contributed by atoms with Gasteiger partial charge in [0.15, 0.2) is 0 Å². The summed E-state index contributed by atoms with van der Waals surface area (Å²) in [6.07, 6.45) is 0.950. The summed E-state index contributed by atoms with van der Waals surface area (Å²) < 4.78 is 38.1. The molecule has 0 saturated heterocycles. The zero-order valence-electron chi connectivity index (χ0n) is 24.4. The van der Waals surface area contributed by atoms with Gasteiger partial charge in [-0.1, -0.05) is 24.3 Å². The minimum atomic E-state index is -3.73. The molecule has 11 heteroatoms. The molecule has 2 atom stereocenters. The molecule has 0 fully saturated rings. The maximum atomic E-state index is 12.8. The summed E-state index contributed by atoms with van der Waals surface area (Å²) in [6.45, 7) is 6.02. The zero-order chi connectivity index (χ0) is 30.2. The van der Waals surface area contributed by atoms with E-state index in [9.17, 15) is 18.8 Å². The fraction of sp³-hybridized carbons (Fsp3) is 0.400. The lowest BCUT2D eigenvalue weighted by Gasteiger charge is -2.29. The van der Waals surface area contributed by atoms with Crippen LogP contribution in [0.5, 0.6) is 11.5 Å². The van der Waals surface area contributed by atoms with Crippen LogP contribution in [0, 0.1) is 11.3 Å². The minimum Gasteiger partial charge on any atom is -0.496 e. The number of rotatable bonds is 14. The van der Waals surface area contributed by atoms with Crippen LogP contribution in [0.4, 0.5) is 11.5 Å². The molecule has 0 bridgehead atoms. The van der Waals surface area contributed by atoms with Crippen LogP contribution in [-0.4, -0.2) is 63.7 Å². The Morgan fingerprint density at radius 2 is 1.85 bits per heavy atom. The van der Waals surface area contributed by atoms with Crippen molar-refractivity contribution in [3.63, 3.8) is 0 Å². The zero-order valence-corrected chi connectivity index (χ0v) is 25.2. The Balaban J connectivity index is 1.69. The molecule has 3 aromatic rings. The van der Waals surface area contributed by atoms with E-state index in [2.05, 4.69) is 21.7 Å². The van der Waals surface area contributed by atoms with Crippen molar-refractivity contribution in [3.05, 3.63) is 77.5 Å². The molecule has 41 heavy (non-hydrogen) atoms. The SMILES string of the molecule is CNc1cccc(C(C)N(c2ccc(OC[C@H](O)CNC(C)(C)Cc3ccccc3OC)c(C#N)c2)S(C)(=O)=O)n1. The summed E-state index contributed by atoms with van der Waals surface area (Å²) in [7, 11) is -0.355. The van der Waals surface area contributed by atoms with Crippen molar-refractivity contribution in [1.29, 1.82) is 5.26 Å². The van der Waals surface area contributed by atoms with E-state index in [0.29, 0.717) is 23.6 Å². The lowest BCUT2D eigenvalue weighted by atomic mass is 9.94. The van der Waals surface area contributed by atoms with E-state index in [4.69, 9.17) is 9.47 Å². The second kappa shape index (κ2) is 13.7. The average Bonchev–Trinajstić information content (AvgIpc) is 2.94. The summed E-state index contributed by atoms with van der Waals surface area (Å²) in [5.41, 5.74) is 1.73. The predicted molar refractivity (Wildman–Crippen MR) is 161 cm³/mol. The number of nitrogens with one attached hydrogen (secondary N) is 2. The molecule has 0 amide bonds. The molecule has 0 saturated carbocycles. The fourth-order valence-electron chi connectivity index (χ4n) is 4.54. The summed E-state index contributed by atoms with van der Waals surface area (Å²) >= 11 is 0. The van der Waals surface area contributed by atoms with Crippen LogP contribution in [-0.2, 0) is 16.4 Å². The third kappa shape index (κ3) is 8.57. The molecule has 0 aliphatic carbocycles. The number of aromatic nitrogens is 1. The van der Waals surface area contributed by atoms with Gasteiger partial charge in [-0.2, -0.15) is 5.26 Å². The first-order chi connectivity index (χ1) is 19.4. The number of sulfonamides is 1. The highest BCUT2D eigenvalue weighted by Gasteiger charge is 2.27. The summed E-state index contributed by atoms with van der Waals surface area (Å²) in [5, 5.41) is 26.7. The molecule has 10 nitrogen and oxygen atoms in total. The van der Waals surface area contributed by atoms with Crippen LogP contribution < -0.4 is 24.4 Å². The summed E-state index contributed by atoms with van der Waals surface area (Å²) in [5.74, 6) is 1.67. The Bertz CT molecular complexity index is 1470. The van der Waals surface area contributed by atoms with E-state index in [1.165, 1.54) is 10.4 Å². The van der Waals surface area contributed by atoms with Crippen LogP contribution in [0.3, 0.4) is 0 Å². The van der Waals surface area contributed by atoms with Crippen LogP contribution >= 0.6 is 0 Å². The Labute approximate surface area is 243 Å². The number of hydrogen-bond donors (Lipinski definition) is 3. The van der Waals surface area contributed by atoms with Gasteiger partial charge in [0.1, 0.15) is 36.1 Å². The van der Waals surface area contributed by atoms with E-state index in [1.54, 1.807) is 51.4 Å². The monoisotopic (exact) mass is 581 g/mol. The van der Waals surface area contributed by atoms with Crippen molar-refractivity contribution in [2.24, 2.45) is 0 Å². The number of benzene rings is 2. The van der Waals surface area contributed by atoms with Crippen LogP contribution in [0.1, 0.15) is 43.6 Å². The van der Waals surface area contributed by atoms with Gasteiger partial charge in [-0.25, -0.2) is 13.4 Å². The number of anilines is 2. The smallest absolute Gasteiger partial charge is 0.232 e. The highest BCUT2D eigenvalue weighted by molar-refractivity contribution is 7.92. The highest BCUT2D eigenvalue weighted by atomic mass is 32.2. The van der Waals surface area contributed by atoms with Gasteiger partial charge in [-0.05, 0) is 69.2 Å². The maximum Gasteiger partial charge on any atom is 0.232 e. The number of nitriles is 1. The number of para-hydroxylation sites is 1. The minimum absolute atomic E-state index is 0.0569. The van der Waals surface area contributed by atoms with Crippen molar-refractivity contribution in [2.75, 3.05) is 43.2 Å². The molecular formula is C30H39N5O5S. The molecule has 220 valence electrons. The van der Waals surface area contributed by atoms with E-state index in [0.717, 1.165) is 17.6 Å². The molecule has 0 radical (unpaired) electrons. The third-order valence-corrected chi connectivity index (χ3v) is 7.82. The van der Waals surface area contributed by atoms with E-state index in [-0.39, 0.29) is 30.0 Å². The van der Waals surface area contributed by atoms with Gasteiger partial charge in [0.05, 0.1) is 36.4 Å². The molecule has 3 rings (SSSR count). The van der Waals surface area contributed by atoms with Crippen molar-refractivity contribution < 1.29 is 23.0 Å². The molecular weight excluding hydrogens is 542 g/mol. The molecule has 1 unspecified atom stereocenters. The number of methoxy groups -OCH3 is 1. The first-order valence-electron chi connectivity index (χ1n) is 13.2. The molecule has 1 heterocycles. The number of hydrogen-bond acceptors (Lipinski definition) is 9. The highest BCUT2D eigenvalue weighted by Crippen LogP contribution is 2.33. The van der Waals surface area contributed by atoms with Crippen molar-refractivity contribution in [3.8, 4) is 17.6 Å². The number of aliphatic hydroxyl groups excluding tert-OH is 1. The number of pyridine rings is 1. The molecule has 0 spiro atoms. The first-order valence-corrected chi connectivity index (χ1v) is 15.1. The maximum absolute atomic E-state index is 12.8. The molecule has 0 aliphatic rings. The topological polar surface area (TPSA) is 137 Å². The largest absolute Gasteiger partial charge is 0.496 e. The number of ether oxygens (including phenoxy) is 2. The molecule has 0 aliphatic heterocycles. The Hall–Kier alpha value is -3.85. The molecule has 3 N–H and O–H groups in total. The van der Waals surface area contributed by atoms with Crippen LogP contribution in [0.15, 0.2) is 60.7 Å². The van der Waals surface area contributed by atoms with Gasteiger partial charge < -0.3 is 25.2 Å². The van der Waals surface area contributed by atoms with Gasteiger partial charge in [0.25, 0.3) is 0 Å². The Kier molecular flexibility index (Phi) is 10.6. The van der Waals surface area contributed by atoms with Crippen molar-refractivity contribution in [1.82, 2.24) is 10.3 Å². The van der Waals surface area contributed by atoms with Gasteiger partial charge in [-0.3, -0.25) is 4.31 Å². The molecule has 1 aromatic heterocycles. The summed E-state index contributed by atoms with van der Waals surface area (Å²) in [4.78, 5) is 4.48. The lowest BCUT2D eigenvalue weighted by Crippen LogP contribution is -2.46. The summed E-state index contributed by atoms with van der Waals surface area (Å²) in [6, 6.07) is 19.2. The second-order valence-electron chi connectivity index (χ2n) is 10.4. The predicted octanol–water partition coefficient (Wildman–Crippen LogP) is 3.88. The molecule has 2 aromatic carbocycles. The Morgan fingerprint density at radius 1 is 1.12 bits per heavy atom. The van der Waals surface area contributed by atoms with Gasteiger partial charge in [0.2, 0.25) is 10.0 Å². The van der Waals surface area contributed by atoms with Crippen molar-refractivity contribution >= 4 is 21.5 Å². The Morgan fingerprint density at radius 3 is 2.51 bits per heavy atom. The van der Waals surface area contributed by atoms with Crippen LogP contribution in [0.25, 0.3) is 0 Å². The number of β-amino-alcohol motifs (C(OH)–C–C–N with tert-alkyl or cyclic N) is 1. The second-order valence-corrected chi connectivity index (χ2v) is 12.3. The van der Waals surface area contributed by atoms with Crippen molar-refractivity contribution in [2.45, 2.75) is 44.9 Å². The standard InChI is InChI=1S/C30H39N5O5S/c1-21(26-11-9-13-29(32-4)34-26)35(41(6,37)38)24-14-15-28(23(16-24)18-31)40-20-25(36)19-33-30(2,3)17-22-10-7-8-12-27(22)39-5/h7-16,21,25,33,36H,17,19-20H2,1-6H3,(H,32,34)/t21?,25-/m1/s1. The number of nitrogens with zero attached hydrogens (tertiary/aromatic N) is 3. The van der Waals surface area contributed by atoms with E-state index >= 15 is 0 Å². The normalized spacial score (nSPS) is 13.1. The number of aliphatic hydroxyl groups is 1. The third-order valence-electron chi connectivity index (χ3n) is 6.57. The van der Waals surface area contributed by atoms with Gasteiger partial charge in [-0.15, -0.1) is 0 Å². The average molecular weight is 582 g/mol. The fourth-order valence-corrected chi connectivity index (χ4v) is 5.72. The van der Waals surface area contributed by atoms with Crippen LogP contribution in [0.2, 0.25) is 0 Å². The van der Waals surface area contributed by atoms with E-state index in [1.807, 2.05) is 38.1 Å². The van der Waals surface area contributed by atoms with E-state index < -0.39 is 22.2 Å². The van der Waals surface area contributed by atoms with Gasteiger partial charge in [0, 0.05) is 19.1 Å². The lowest BCUT2D eigenvalue weighted by molar-refractivity contribution is 0.0986.